The maximum absolute atomic E-state index is 11.6. The number of carbonyl (C=O) groups excluding carboxylic acids is 1. The van der Waals surface area contributed by atoms with Crippen molar-refractivity contribution < 1.29 is 9.21 Å². The Balaban J connectivity index is 2.74. The van der Waals surface area contributed by atoms with Gasteiger partial charge in [-0.25, -0.2) is 0 Å². The lowest BCUT2D eigenvalue weighted by atomic mass is 10.1. The quantitative estimate of drug-likeness (QED) is 0.607. The minimum Gasteiger partial charge on any atom is -0.461 e. The van der Waals surface area contributed by atoms with E-state index in [0.717, 1.165) is 11.0 Å². The van der Waals surface area contributed by atoms with Gasteiger partial charge in [0.2, 0.25) is 0 Å². The minimum atomic E-state index is 0.0625. The molecule has 0 spiro atoms. The molecule has 1 aromatic heterocycles. The third-order valence-corrected chi connectivity index (χ3v) is 2.68. The number of Topliss-reactive ketones (excluding diaryl/α,β-unsaturated/α-hetero) is 1. The van der Waals surface area contributed by atoms with Gasteiger partial charge in [-0.1, -0.05) is 34.1 Å². The van der Waals surface area contributed by atoms with E-state index in [9.17, 15) is 4.79 Å². The first-order chi connectivity index (χ1) is 6.74. The summed E-state index contributed by atoms with van der Waals surface area (Å²) < 4.78 is 5.48. The number of rotatable bonds is 2. The fourth-order valence-electron chi connectivity index (χ4n) is 1.58. The van der Waals surface area contributed by atoms with E-state index in [1.807, 2.05) is 31.2 Å². The summed E-state index contributed by atoms with van der Waals surface area (Å²) in [6.45, 7) is 1.82. The SMILES string of the molecule is Cc1oc2ccccc2c1C(=O)CBr. The minimum absolute atomic E-state index is 0.0625. The molecular formula is C11H9BrO2. The molecule has 0 unspecified atom stereocenters. The summed E-state index contributed by atoms with van der Waals surface area (Å²) in [7, 11) is 0. The smallest absolute Gasteiger partial charge is 0.177 e. The Morgan fingerprint density at radius 3 is 2.86 bits per heavy atom. The fraction of sp³-hybridized carbons (Fsp3) is 0.182. The summed E-state index contributed by atoms with van der Waals surface area (Å²) in [6.07, 6.45) is 0. The van der Waals surface area contributed by atoms with Gasteiger partial charge in [-0.05, 0) is 13.0 Å². The van der Waals surface area contributed by atoms with Crippen molar-refractivity contribution in [2.45, 2.75) is 6.92 Å². The van der Waals surface area contributed by atoms with Gasteiger partial charge in [0.25, 0.3) is 0 Å². The molecular weight excluding hydrogens is 244 g/mol. The third kappa shape index (κ3) is 1.38. The maximum Gasteiger partial charge on any atom is 0.177 e. The third-order valence-electron chi connectivity index (χ3n) is 2.17. The number of fused-ring (bicyclic) bond motifs is 1. The molecule has 0 saturated carbocycles. The van der Waals surface area contributed by atoms with Crippen LogP contribution in [0.5, 0.6) is 0 Å². The Bertz CT molecular complexity index is 485. The van der Waals surface area contributed by atoms with E-state index >= 15 is 0 Å². The molecule has 0 atom stereocenters. The fourth-order valence-corrected chi connectivity index (χ4v) is 1.86. The summed E-state index contributed by atoms with van der Waals surface area (Å²) in [5.74, 6) is 0.753. The highest BCUT2D eigenvalue weighted by molar-refractivity contribution is 9.09. The van der Waals surface area contributed by atoms with Crippen molar-refractivity contribution in [3.05, 3.63) is 35.6 Å². The van der Waals surface area contributed by atoms with Crippen molar-refractivity contribution in [3.8, 4) is 0 Å². The Labute approximate surface area is 90.0 Å². The molecule has 0 radical (unpaired) electrons. The Morgan fingerprint density at radius 1 is 1.43 bits per heavy atom. The zero-order chi connectivity index (χ0) is 10.1. The van der Waals surface area contributed by atoms with Crippen LogP contribution in [0.3, 0.4) is 0 Å². The summed E-state index contributed by atoms with van der Waals surface area (Å²) in [5.41, 5.74) is 1.46. The Hall–Kier alpha value is -1.09. The number of aryl methyl sites for hydroxylation is 1. The molecule has 2 nitrogen and oxygen atoms in total. The van der Waals surface area contributed by atoms with Gasteiger partial charge in [0, 0.05) is 5.39 Å². The van der Waals surface area contributed by atoms with Crippen LogP contribution in [0.25, 0.3) is 11.0 Å². The van der Waals surface area contributed by atoms with E-state index in [4.69, 9.17) is 4.42 Å². The number of hydrogen-bond donors (Lipinski definition) is 0. The lowest BCUT2D eigenvalue weighted by Crippen LogP contribution is -2.00. The van der Waals surface area contributed by atoms with Gasteiger partial charge in [-0.15, -0.1) is 0 Å². The van der Waals surface area contributed by atoms with Gasteiger partial charge in [0.05, 0.1) is 10.9 Å². The predicted molar refractivity (Wildman–Crippen MR) is 59.1 cm³/mol. The van der Waals surface area contributed by atoms with Gasteiger partial charge in [0.15, 0.2) is 5.78 Å². The van der Waals surface area contributed by atoms with Crippen molar-refractivity contribution in [1.29, 1.82) is 0 Å². The number of hydrogen-bond acceptors (Lipinski definition) is 2. The summed E-state index contributed by atoms with van der Waals surface area (Å²) in [4.78, 5) is 11.6. The topological polar surface area (TPSA) is 30.2 Å². The number of ketones is 1. The van der Waals surface area contributed by atoms with Crippen LogP contribution in [0.2, 0.25) is 0 Å². The first-order valence-electron chi connectivity index (χ1n) is 4.31. The van der Waals surface area contributed by atoms with E-state index in [-0.39, 0.29) is 5.78 Å². The lowest BCUT2D eigenvalue weighted by Gasteiger charge is -1.93. The van der Waals surface area contributed by atoms with Gasteiger partial charge in [-0.3, -0.25) is 4.79 Å². The van der Waals surface area contributed by atoms with Gasteiger partial charge >= 0.3 is 0 Å². The zero-order valence-corrected chi connectivity index (χ0v) is 9.30. The predicted octanol–water partition coefficient (Wildman–Crippen LogP) is 3.32. The highest BCUT2D eigenvalue weighted by Crippen LogP contribution is 2.25. The van der Waals surface area contributed by atoms with Crippen LogP contribution in [0.4, 0.5) is 0 Å². The first-order valence-corrected chi connectivity index (χ1v) is 5.43. The first kappa shape index (κ1) is 9.46. The number of alkyl halides is 1. The molecule has 2 rings (SSSR count). The van der Waals surface area contributed by atoms with Crippen LogP contribution < -0.4 is 0 Å². The molecule has 0 saturated heterocycles. The monoisotopic (exact) mass is 252 g/mol. The Morgan fingerprint density at radius 2 is 2.14 bits per heavy atom. The van der Waals surface area contributed by atoms with Crippen LogP contribution in [0.15, 0.2) is 28.7 Å². The maximum atomic E-state index is 11.6. The molecule has 2 aromatic rings. The lowest BCUT2D eigenvalue weighted by molar-refractivity contribution is 0.102. The Kier molecular flexibility index (Phi) is 2.42. The van der Waals surface area contributed by atoms with Crippen LogP contribution in [0.1, 0.15) is 16.1 Å². The van der Waals surface area contributed by atoms with E-state index in [1.54, 1.807) is 0 Å². The highest BCUT2D eigenvalue weighted by Gasteiger charge is 2.15. The van der Waals surface area contributed by atoms with E-state index < -0.39 is 0 Å². The van der Waals surface area contributed by atoms with Crippen molar-refractivity contribution in [3.63, 3.8) is 0 Å². The molecule has 0 bridgehead atoms. The molecule has 1 heterocycles. The average molecular weight is 253 g/mol. The molecule has 1 aromatic carbocycles. The zero-order valence-electron chi connectivity index (χ0n) is 7.71. The van der Waals surface area contributed by atoms with Crippen LogP contribution in [0, 0.1) is 6.92 Å². The second kappa shape index (κ2) is 3.58. The molecule has 0 aliphatic carbocycles. The van der Waals surface area contributed by atoms with Gasteiger partial charge in [0.1, 0.15) is 11.3 Å². The number of halogens is 1. The summed E-state index contributed by atoms with van der Waals surface area (Å²) in [5, 5.41) is 1.23. The highest BCUT2D eigenvalue weighted by atomic mass is 79.9. The molecule has 14 heavy (non-hydrogen) atoms. The largest absolute Gasteiger partial charge is 0.461 e. The van der Waals surface area contributed by atoms with Crippen LogP contribution in [-0.2, 0) is 0 Å². The second-order valence-corrected chi connectivity index (χ2v) is 3.65. The summed E-state index contributed by atoms with van der Waals surface area (Å²) in [6, 6.07) is 7.57. The number of furan rings is 1. The molecule has 0 amide bonds. The van der Waals surface area contributed by atoms with Crippen molar-refractivity contribution in [2.75, 3.05) is 5.33 Å². The van der Waals surface area contributed by atoms with Gasteiger partial charge in [-0.2, -0.15) is 0 Å². The van der Waals surface area contributed by atoms with Crippen molar-refractivity contribution >= 4 is 32.7 Å². The van der Waals surface area contributed by atoms with Crippen LogP contribution >= 0.6 is 15.9 Å². The average Bonchev–Trinajstić information content (AvgIpc) is 2.53. The number of para-hydroxylation sites is 1. The molecule has 0 aliphatic rings. The van der Waals surface area contributed by atoms with Gasteiger partial charge < -0.3 is 4.42 Å². The number of carbonyl (C=O) groups is 1. The normalized spacial score (nSPS) is 10.7. The molecule has 0 N–H and O–H groups in total. The summed E-state index contributed by atoms with van der Waals surface area (Å²) >= 11 is 3.16. The van der Waals surface area contributed by atoms with Crippen LogP contribution in [-0.4, -0.2) is 11.1 Å². The number of benzene rings is 1. The van der Waals surface area contributed by atoms with Crippen molar-refractivity contribution in [2.24, 2.45) is 0 Å². The van der Waals surface area contributed by atoms with Crippen molar-refractivity contribution in [1.82, 2.24) is 0 Å². The standard InChI is InChI=1S/C11H9BrO2/c1-7-11(9(13)6-12)8-4-2-3-5-10(8)14-7/h2-5H,6H2,1H3. The molecule has 72 valence electrons. The van der Waals surface area contributed by atoms with E-state index in [0.29, 0.717) is 16.7 Å². The molecule has 0 aliphatic heterocycles. The van der Waals surface area contributed by atoms with E-state index in [2.05, 4.69) is 15.9 Å². The van der Waals surface area contributed by atoms with E-state index in [1.165, 1.54) is 0 Å². The second-order valence-electron chi connectivity index (χ2n) is 3.09. The molecule has 0 fully saturated rings. The molecule has 3 heteroatoms.